The summed E-state index contributed by atoms with van der Waals surface area (Å²) in [6, 6.07) is 14.0. The summed E-state index contributed by atoms with van der Waals surface area (Å²) in [4.78, 5) is 0. The highest BCUT2D eigenvalue weighted by molar-refractivity contribution is 5.27. The third-order valence-electron chi connectivity index (χ3n) is 4.16. The standard InChI is InChI=1S/C11H13F3O2.C8H10O.C3H3F3O/c1-2-8-3-5-9(6-4-8)16-7-10(15)11(12,13)14;1-2-7-3-5-8(9)6-4-7;4-3(5,6)2-1-7-2/h3-6,10,15H,2,7H2,1H3;3-6,9H,2H2,1H3;2H,1H2. The van der Waals surface area contributed by atoms with Gasteiger partial charge in [0.2, 0.25) is 0 Å². The van der Waals surface area contributed by atoms with Gasteiger partial charge in [0.05, 0.1) is 6.61 Å². The van der Waals surface area contributed by atoms with Crippen LogP contribution in [-0.4, -0.2) is 48.0 Å². The van der Waals surface area contributed by atoms with E-state index in [1.54, 1.807) is 36.4 Å². The van der Waals surface area contributed by atoms with Gasteiger partial charge in [-0.3, -0.25) is 0 Å². The lowest BCUT2D eigenvalue weighted by atomic mass is 10.2. The largest absolute Gasteiger partial charge is 0.508 e. The van der Waals surface area contributed by atoms with Gasteiger partial charge in [-0.05, 0) is 48.2 Å². The summed E-state index contributed by atoms with van der Waals surface area (Å²) in [6.45, 7) is 3.13. The van der Waals surface area contributed by atoms with Crippen molar-refractivity contribution in [2.75, 3.05) is 13.2 Å². The fourth-order valence-electron chi connectivity index (χ4n) is 2.06. The lowest BCUT2D eigenvalue weighted by Crippen LogP contribution is -2.34. The van der Waals surface area contributed by atoms with Crippen molar-refractivity contribution in [3.63, 3.8) is 0 Å². The van der Waals surface area contributed by atoms with Crippen LogP contribution < -0.4 is 4.74 Å². The maximum Gasteiger partial charge on any atom is 0.417 e. The van der Waals surface area contributed by atoms with Gasteiger partial charge >= 0.3 is 12.4 Å². The van der Waals surface area contributed by atoms with Crippen molar-refractivity contribution < 1.29 is 46.0 Å². The molecule has 0 aliphatic carbocycles. The maximum absolute atomic E-state index is 11.9. The second-order valence-corrected chi connectivity index (χ2v) is 6.75. The Labute approximate surface area is 182 Å². The minimum atomic E-state index is -4.64. The molecule has 32 heavy (non-hydrogen) atoms. The Kier molecular flexibility index (Phi) is 10.8. The summed E-state index contributed by atoms with van der Waals surface area (Å²) in [5.41, 5.74) is 2.33. The van der Waals surface area contributed by atoms with Gasteiger partial charge in [0.1, 0.15) is 18.1 Å². The van der Waals surface area contributed by atoms with Crippen molar-refractivity contribution in [1.29, 1.82) is 0 Å². The molecule has 2 N–H and O–H groups in total. The van der Waals surface area contributed by atoms with Crippen LogP contribution in [0.5, 0.6) is 11.5 Å². The summed E-state index contributed by atoms with van der Waals surface area (Å²) in [5.74, 6) is 0.660. The van der Waals surface area contributed by atoms with E-state index in [1.807, 2.05) is 19.1 Å². The quantitative estimate of drug-likeness (QED) is 0.452. The molecule has 2 unspecified atom stereocenters. The van der Waals surface area contributed by atoms with Crippen molar-refractivity contribution in [2.45, 2.75) is 51.2 Å². The number of hydrogen-bond acceptors (Lipinski definition) is 4. The molecule has 180 valence electrons. The highest BCUT2D eigenvalue weighted by Gasteiger charge is 2.49. The fourth-order valence-corrected chi connectivity index (χ4v) is 2.06. The number of halogens is 6. The van der Waals surface area contributed by atoms with E-state index in [0.717, 1.165) is 18.4 Å². The van der Waals surface area contributed by atoms with Gasteiger partial charge in [-0.15, -0.1) is 0 Å². The summed E-state index contributed by atoms with van der Waals surface area (Å²) in [7, 11) is 0. The number of phenols is 1. The average Bonchev–Trinajstić information content (AvgIpc) is 3.59. The molecule has 0 bridgehead atoms. The molecule has 0 spiro atoms. The van der Waals surface area contributed by atoms with Gasteiger partial charge in [-0.25, -0.2) is 0 Å². The molecule has 10 heteroatoms. The highest BCUT2D eigenvalue weighted by Crippen LogP contribution is 2.30. The lowest BCUT2D eigenvalue weighted by Gasteiger charge is -2.15. The number of benzene rings is 2. The molecule has 1 aliphatic rings. The predicted octanol–water partition coefficient (Wildman–Crippen LogP) is 5.45. The topological polar surface area (TPSA) is 62.2 Å². The zero-order valence-corrected chi connectivity index (χ0v) is 17.6. The van der Waals surface area contributed by atoms with Crippen molar-refractivity contribution in [3.8, 4) is 11.5 Å². The fraction of sp³-hybridized carbons (Fsp3) is 0.455. The van der Waals surface area contributed by atoms with Crippen LogP contribution in [0.1, 0.15) is 25.0 Å². The van der Waals surface area contributed by atoms with Crippen LogP contribution >= 0.6 is 0 Å². The van der Waals surface area contributed by atoms with E-state index >= 15 is 0 Å². The van der Waals surface area contributed by atoms with Gasteiger partial charge in [0, 0.05) is 0 Å². The van der Waals surface area contributed by atoms with Gasteiger partial charge < -0.3 is 19.7 Å². The SMILES string of the molecule is CCc1ccc(O)cc1.CCc1ccc(OCC(O)C(F)(F)F)cc1.FC(F)(F)C1CO1. The number of epoxide rings is 1. The molecule has 0 aromatic heterocycles. The molecule has 1 aliphatic heterocycles. The molecule has 0 radical (unpaired) electrons. The van der Waals surface area contributed by atoms with E-state index in [0.29, 0.717) is 11.5 Å². The van der Waals surface area contributed by atoms with Gasteiger partial charge in [-0.2, -0.15) is 26.3 Å². The van der Waals surface area contributed by atoms with Crippen LogP contribution in [-0.2, 0) is 17.6 Å². The van der Waals surface area contributed by atoms with E-state index in [9.17, 15) is 26.3 Å². The van der Waals surface area contributed by atoms with Crippen molar-refractivity contribution >= 4 is 0 Å². The first-order valence-electron chi connectivity index (χ1n) is 9.79. The molecule has 1 heterocycles. The van der Waals surface area contributed by atoms with Gasteiger partial charge in [-0.1, -0.05) is 38.1 Å². The van der Waals surface area contributed by atoms with E-state index < -0.39 is 31.2 Å². The van der Waals surface area contributed by atoms with Crippen LogP contribution in [0.25, 0.3) is 0 Å². The summed E-state index contributed by atoms with van der Waals surface area (Å²) in [5, 5.41) is 17.5. The normalized spacial score (nSPS) is 16.1. The number of aryl methyl sites for hydroxylation is 2. The number of ether oxygens (including phenoxy) is 2. The first-order valence-corrected chi connectivity index (χ1v) is 9.79. The second kappa shape index (κ2) is 12.5. The van der Waals surface area contributed by atoms with E-state index in [1.165, 1.54) is 5.56 Å². The van der Waals surface area contributed by atoms with E-state index in [2.05, 4.69) is 11.7 Å². The molecular formula is C22H26F6O4. The molecule has 2 atom stereocenters. The smallest absolute Gasteiger partial charge is 0.417 e. The predicted molar refractivity (Wildman–Crippen MR) is 107 cm³/mol. The summed E-state index contributed by atoms with van der Waals surface area (Å²) >= 11 is 0. The number of aliphatic hydroxyl groups excluding tert-OH is 1. The molecule has 1 saturated heterocycles. The maximum atomic E-state index is 11.9. The third kappa shape index (κ3) is 11.2. The second-order valence-electron chi connectivity index (χ2n) is 6.75. The Morgan fingerprint density at radius 3 is 1.66 bits per heavy atom. The number of aromatic hydroxyl groups is 1. The molecule has 2 aromatic carbocycles. The number of aliphatic hydroxyl groups is 1. The van der Waals surface area contributed by atoms with Crippen LogP contribution in [0.4, 0.5) is 26.3 Å². The van der Waals surface area contributed by atoms with Crippen LogP contribution in [0.15, 0.2) is 48.5 Å². The number of phenolic OH excluding ortho intramolecular Hbond substituents is 1. The number of rotatable bonds is 5. The Bertz CT molecular complexity index is 769. The van der Waals surface area contributed by atoms with Gasteiger partial charge in [0.25, 0.3) is 0 Å². The molecule has 0 amide bonds. The molecule has 1 fully saturated rings. The van der Waals surface area contributed by atoms with Crippen LogP contribution in [0, 0.1) is 0 Å². The summed E-state index contributed by atoms with van der Waals surface area (Å²) in [6.07, 6.45) is -10.8. The monoisotopic (exact) mass is 468 g/mol. The van der Waals surface area contributed by atoms with Crippen LogP contribution in [0.3, 0.4) is 0 Å². The molecule has 3 rings (SSSR count). The molecular weight excluding hydrogens is 442 g/mol. The first kappa shape index (κ1) is 27.6. The van der Waals surface area contributed by atoms with Crippen molar-refractivity contribution in [3.05, 3.63) is 59.7 Å². The zero-order chi connectivity index (χ0) is 24.4. The Hall–Kier alpha value is -2.46. The number of alkyl halides is 6. The highest BCUT2D eigenvalue weighted by atomic mass is 19.4. The first-order chi connectivity index (χ1) is 14.9. The summed E-state index contributed by atoms with van der Waals surface area (Å²) < 4.78 is 77.9. The van der Waals surface area contributed by atoms with Crippen molar-refractivity contribution in [1.82, 2.24) is 0 Å². The minimum absolute atomic E-state index is 0.149. The minimum Gasteiger partial charge on any atom is -0.508 e. The third-order valence-corrected chi connectivity index (χ3v) is 4.16. The molecule has 2 aromatic rings. The Morgan fingerprint density at radius 2 is 1.34 bits per heavy atom. The molecule has 4 nitrogen and oxygen atoms in total. The average molecular weight is 468 g/mol. The molecule has 0 saturated carbocycles. The zero-order valence-electron chi connectivity index (χ0n) is 17.6. The van der Waals surface area contributed by atoms with E-state index in [-0.39, 0.29) is 6.61 Å². The van der Waals surface area contributed by atoms with Gasteiger partial charge in [0.15, 0.2) is 12.2 Å². The Balaban J connectivity index is 0.000000267. The van der Waals surface area contributed by atoms with Crippen molar-refractivity contribution in [2.24, 2.45) is 0 Å². The number of hydrogen-bond donors (Lipinski definition) is 2. The Morgan fingerprint density at radius 1 is 0.906 bits per heavy atom. The lowest BCUT2D eigenvalue weighted by molar-refractivity contribution is -0.210. The van der Waals surface area contributed by atoms with E-state index in [4.69, 9.17) is 14.9 Å². The van der Waals surface area contributed by atoms with Crippen LogP contribution in [0.2, 0.25) is 0 Å².